The van der Waals surface area contributed by atoms with Gasteiger partial charge in [0.25, 0.3) is 0 Å². The minimum atomic E-state index is -1.05. The summed E-state index contributed by atoms with van der Waals surface area (Å²) in [5, 5.41) is 19.1. The molecule has 146 valence electrons. The Bertz CT molecular complexity index is 769. The van der Waals surface area contributed by atoms with Gasteiger partial charge in [-0.2, -0.15) is 5.10 Å². The van der Waals surface area contributed by atoms with E-state index in [0.29, 0.717) is 35.3 Å². The fourth-order valence-corrected chi connectivity index (χ4v) is 3.25. The Morgan fingerprint density at radius 2 is 2.11 bits per heavy atom. The standard InChI is InChI=1S/C17H20ClN3O5S/c1-3-5-26-13-7-11(18)10(6-12(13)25-4-2)9-19-21-17-20-16(24)14(27-17)8-15(22)23/h6-7,9,14H,3-5,8H2,1-2H3,(H,22,23)(H,20,21,24). The zero-order valence-electron chi connectivity index (χ0n) is 14.9. The fraction of sp³-hybridized carbons (Fsp3) is 0.412. The number of hydrogen-bond acceptors (Lipinski definition) is 7. The number of carboxylic acid groups (broad SMARTS) is 1. The van der Waals surface area contributed by atoms with E-state index in [1.165, 1.54) is 6.21 Å². The monoisotopic (exact) mass is 413 g/mol. The van der Waals surface area contributed by atoms with Gasteiger partial charge in [0.2, 0.25) is 5.91 Å². The van der Waals surface area contributed by atoms with E-state index in [0.717, 1.165) is 18.2 Å². The van der Waals surface area contributed by atoms with E-state index in [-0.39, 0.29) is 11.6 Å². The number of ether oxygens (including phenoxy) is 2. The Balaban J connectivity index is 2.13. The van der Waals surface area contributed by atoms with Crippen LogP contribution in [0.5, 0.6) is 11.5 Å². The molecule has 1 aliphatic heterocycles. The third-order valence-corrected chi connectivity index (χ3v) is 4.71. The summed E-state index contributed by atoms with van der Waals surface area (Å²) in [5.74, 6) is -0.338. The van der Waals surface area contributed by atoms with Crippen molar-refractivity contribution in [3.8, 4) is 11.5 Å². The van der Waals surface area contributed by atoms with Crippen molar-refractivity contribution < 1.29 is 24.2 Å². The van der Waals surface area contributed by atoms with E-state index < -0.39 is 17.1 Å². The Morgan fingerprint density at radius 1 is 1.37 bits per heavy atom. The first-order valence-corrected chi connectivity index (χ1v) is 9.59. The van der Waals surface area contributed by atoms with Gasteiger partial charge < -0.3 is 19.9 Å². The molecule has 2 rings (SSSR count). The lowest BCUT2D eigenvalue weighted by Gasteiger charge is -2.13. The van der Waals surface area contributed by atoms with Crippen LogP contribution in [0.2, 0.25) is 5.02 Å². The lowest BCUT2D eigenvalue weighted by molar-refractivity contribution is -0.138. The third-order valence-electron chi connectivity index (χ3n) is 3.31. The molecule has 1 atom stereocenters. The molecule has 1 aromatic carbocycles. The first kappa shape index (κ1) is 21.0. The molecule has 10 heteroatoms. The maximum absolute atomic E-state index is 11.7. The van der Waals surface area contributed by atoms with Crippen molar-refractivity contribution in [2.45, 2.75) is 31.9 Å². The normalized spacial score (nSPS) is 18.1. The molecule has 0 aliphatic carbocycles. The second kappa shape index (κ2) is 10.2. The highest BCUT2D eigenvalue weighted by Gasteiger charge is 2.32. The van der Waals surface area contributed by atoms with Crippen molar-refractivity contribution in [1.29, 1.82) is 0 Å². The number of hydrogen-bond donors (Lipinski definition) is 2. The van der Waals surface area contributed by atoms with Crippen molar-refractivity contribution in [3.63, 3.8) is 0 Å². The van der Waals surface area contributed by atoms with Gasteiger partial charge in [-0.3, -0.25) is 9.59 Å². The van der Waals surface area contributed by atoms with Gasteiger partial charge in [-0.15, -0.1) is 5.10 Å². The lowest BCUT2D eigenvalue weighted by Crippen LogP contribution is -2.26. The number of halogens is 1. The molecular formula is C17H20ClN3O5S. The van der Waals surface area contributed by atoms with Crippen LogP contribution in [0, 0.1) is 0 Å². The molecule has 2 N–H and O–H groups in total. The number of carboxylic acids is 1. The summed E-state index contributed by atoms with van der Waals surface area (Å²) in [6.07, 6.45) is 2.01. The van der Waals surface area contributed by atoms with Crippen LogP contribution in [0.25, 0.3) is 0 Å². The van der Waals surface area contributed by atoms with Gasteiger partial charge in [-0.05, 0) is 19.4 Å². The molecule has 1 fully saturated rings. The highest BCUT2D eigenvalue weighted by molar-refractivity contribution is 8.15. The van der Waals surface area contributed by atoms with Gasteiger partial charge in [0, 0.05) is 11.6 Å². The second-order valence-corrected chi connectivity index (χ2v) is 7.04. The summed E-state index contributed by atoms with van der Waals surface area (Å²) in [7, 11) is 0. The Morgan fingerprint density at radius 3 is 2.78 bits per heavy atom. The van der Waals surface area contributed by atoms with Crippen molar-refractivity contribution in [2.75, 3.05) is 13.2 Å². The average molecular weight is 414 g/mol. The quantitative estimate of drug-likeness (QED) is 0.475. The number of carbonyl (C=O) groups is 2. The number of nitrogens with zero attached hydrogens (tertiary/aromatic N) is 2. The SMILES string of the molecule is CCCOc1cc(Cl)c(C=NN=C2NC(=O)C(CC(=O)O)S2)cc1OCC. The van der Waals surface area contributed by atoms with Crippen molar-refractivity contribution in [3.05, 3.63) is 22.7 Å². The number of carbonyl (C=O) groups excluding carboxylic acids is 1. The van der Waals surface area contributed by atoms with Crippen LogP contribution in [0.1, 0.15) is 32.3 Å². The number of benzene rings is 1. The average Bonchev–Trinajstić information content (AvgIpc) is 2.95. The van der Waals surface area contributed by atoms with Crippen LogP contribution >= 0.6 is 23.4 Å². The van der Waals surface area contributed by atoms with Crippen molar-refractivity contribution >= 4 is 46.6 Å². The van der Waals surface area contributed by atoms with Gasteiger partial charge in [0.15, 0.2) is 16.7 Å². The third kappa shape index (κ3) is 6.14. The number of aliphatic carboxylic acids is 1. The van der Waals surface area contributed by atoms with Gasteiger partial charge in [-0.1, -0.05) is 30.3 Å². The highest BCUT2D eigenvalue weighted by Crippen LogP contribution is 2.33. The maximum Gasteiger partial charge on any atom is 0.305 e. The second-order valence-electron chi connectivity index (χ2n) is 5.45. The topological polar surface area (TPSA) is 110 Å². The minimum Gasteiger partial charge on any atom is -0.490 e. The molecule has 0 radical (unpaired) electrons. The minimum absolute atomic E-state index is 0.242. The molecule has 0 bridgehead atoms. The van der Waals surface area contributed by atoms with E-state index in [4.69, 9.17) is 26.2 Å². The number of thioether (sulfide) groups is 1. The summed E-state index contributed by atoms with van der Waals surface area (Å²) >= 11 is 7.29. The summed E-state index contributed by atoms with van der Waals surface area (Å²) in [4.78, 5) is 22.4. The van der Waals surface area contributed by atoms with Crippen molar-refractivity contribution in [1.82, 2.24) is 5.32 Å². The van der Waals surface area contributed by atoms with Crippen LogP contribution in [0.15, 0.2) is 22.3 Å². The molecule has 1 amide bonds. The highest BCUT2D eigenvalue weighted by atomic mass is 35.5. The molecule has 0 saturated carbocycles. The van der Waals surface area contributed by atoms with Crippen LogP contribution in [-0.4, -0.2) is 46.8 Å². The number of nitrogens with one attached hydrogen (secondary N) is 1. The summed E-state index contributed by atoms with van der Waals surface area (Å²) < 4.78 is 11.2. The van der Waals surface area contributed by atoms with Crippen LogP contribution in [0.3, 0.4) is 0 Å². The van der Waals surface area contributed by atoms with E-state index in [1.807, 2.05) is 13.8 Å². The zero-order valence-corrected chi connectivity index (χ0v) is 16.5. The van der Waals surface area contributed by atoms with E-state index in [2.05, 4.69) is 15.5 Å². The molecule has 1 saturated heterocycles. The maximum atomic E-state index is 11.7. The van der Waals surface area contributed by atoms with Gasteiger partial charge in [-0.25, -0.2) is 0 Å². The molecule has 27 heavy (non-hydrogen) atoms. The van der Waals surface area contributed by atoms with Crippen molar-refractivity contribution in [2.24, 2.45) is 10.2 Å². The molecule has 1 aromatic rings. The predicted molar refractivity (Wildman–Crippen MR) is 105 cm³/mol. The van der Waals surface area contributed by atoms with Crippen LogP contribution in [-0.2, 0) is 9.59 Å². The van der Waals surface area contributed by atoms with E-state index in [9.17, 15) is 9.59 Å². The van der Waals surface area contributed by atoms with Crippen LogP contribution in [0.4, 0.5) is 0 Å². The number of amides is 1. The van der Waals surface area contributed by atoms with E-state index in [1.54, 1.807) is 12.1 Å². The lowest BCUT2D eigenvalue weighted by atomic mass is 10.2. The number of rotatable bonds is 9. The molecule has 8 nitrogen and oxygen atoms in total. The Kier molecular flexibility index (Phi) is 7.93. The molecular weight excluding hydrogens is 394 g/mol. The molecule has 1 heterocycles. The van der Waals surface area contributed by atoms with Crippen LogP contribution < -0.4 is 14.8 Å². The molecule has 1 unspecified atom stereocenters. The smallest absolute Gasteiger partial charge is 0.305 e. The van der Waals surface area contributed by atoms with Gasteiger partial charge >= 0.3 is 5.97 Å². The fourth-order valence-electron chi connectivity index (χ4n) is 2.13. The first-order valence-electron chi connectivity index (χ1n) is 8.34. The summed E-state index contributed by atoms with van der Waals surface area (Å²) in [5.41, 5.74) is 0.574. The van der Waals surface area contributed by atoms with Gasteiger partial charge in [0.05, 0.1) is 30.9 Å². The first-order chi connectivity index (χ1) is 12.9. The molecule has 0 aromatic heterocycles. The Labute approximate surface area is 166 Å². The predicted octanol–water partition coefficient (Wildman–Crippen LogP) is 2.92. The zero-order chi connectivity index (χ0) is 19.8. The molecule has 0 spiro atoms. The van der Waals surface area contributed by atoms with E-state index >= 15 is 0 Å². The largest absolute Gasteiger partial charge is 0.490 e. The number of amidine groups is 1. The Hall–Kier alpha value is -2.26. The summed E-state index contributed by atoms with van der Waals surface area (Å²) in [6.45, 7) is 4.89. The summed E-state index contributed by atoms with van der Waals surface area (Å²) in [6, 6.07) is 3.36. The molecule has 1 aliphatic rings. The van der Waals surface area contributed by atoms with Gasteiger partial charge in [0.1, 0.15) is 5.25 Å².